The molecule has 1 aliphatic carbocycles. The fraction of sp³-hybridized carbons (Fsp3) is 0.516. The van der Waals surface area contributed by atoms with Gasteiger partial charge in [0.2, 0.25) is 10.0 Å². The van der Waals surface area contributed by atoms with Crippen LogP contribution in [0.15, 0.2) is 47.4 Å². The van der Waals surface area contributed by atoms with Gasteiger partial charge in [0.25, 0.3) is 5.91 Å². The van der Waals surface area contributed by atoms with Gasteiger partial charge in [0.1, 0.15) is 9.84 Å². The Labute approximate surface area is 248 Å². The molecule has 2 aliphatic rings. The Hall–Kier alpha value is -2.27. The van der Waals surface area contributed by atoms with Gasteiger partial charge < -0.3 is 5.32 Å². The van der Waals surface area contributed by atoms with E-state index in [1.54, 1.807) is 6.07 Å². The molecule has 2 fully saturated rings. The predicted molar refractivity (Wildman–Crippen MR) is 167 cm³/mol. The highest BCUT2D eigenvalue weighted by atomic mass is 32.2. The van der Waals surface area contributed by atoms with Crippen molar-refractivity contribution in [2.24, 2.45) is 5.92 Å². The van der Waals surface area contributed by atoms with Crippen LogP contribution in [0.5, 0.6) is 0 Å². The minimum Gasteiger partial charge on any atom is -0.349 e. The highest BCUT2D eigenvalue weighted by molar-refractivity contribution is 7.91. The van der Waals surface area contributed by atoms with Gasteiger partial charge in [-0.1, -0.05) is 62.4 Å². The minimum absolute atomic E-state index is 0.103. The number of amides is 1. The van der Waals surface area contributed by atoms with Crippen LogP contribution in [0.1, 0.15) is 81.0 Å². The Morgan fingerprint density at radius 3 is 2.27 bits per heavy atom. The van der Waals surface area contributed by atoms with E-state index in [-0.39, 0.29) is 28.4 Å². The quantitative estimate of drug-likeness (QED) is 0.335. The number of rotatable bonds is 7. The van der Waals surface area contributed by atoms with Crippen LogP contribution in [0, 0.1) is 5.92 Å². The Morgan fingerprint density at radius 2 is 1.61 bits per heavy atom. The molecule has 0 spiro atoms. The predicted octanol–water partition coefficient (Wildman–Crippen LogP) is 6.07. The van der Waals surface area contributed by atoms with Gasteiger partial charge in [0.05, 0.1) is 21.3 Å². The molecule has 3 aromatic rings. The number of hydrogen-bond donors (Lipinski definition) is 2. The minimum atomic E-state index is -3.76. The number of thiophene rings is 1. The summed E-state index contributed by atoms with van der Waals surface area (Å²) < 4.78 is 53.2. The van der Waals surface area contributed by atoms with E-state index in [9.17, 15) is 21.6 Å². The molecule has 0 bridgehead atoms. The lowest BCUT2D eigenvalue weighted by molar-refractivity contribution is 0.0938. The molecular weight excluding hydrogens is 577 g/mol. The van der Waals surface area contributed by atoms with Gasteiger partial charge in [-0.25, -0.2) is 21.6 Å². The van der Waals surface area contributed by atoms with Crippen molar-refractivity contribution in [3.63, 3.8) is 0 Å². The van der Waals surface area contributed by atoms with Gasteiger partial charge in [0, 0.05) is 21.8 Å². The monoisotopic (exact) mass is 616 g/mol. The number of carbonyl (C=O) groups is 1. The number of sulfonamides is 1. The van der Waals surface area contributed by atoms with Crippen LogP contribution in [-0.4, -0.2) is 45.8 Å². The summed E-state index contributed by atoms with van der Waals surface area (Å²) >= 11 is 1.44. The van der Waals surface area contributed by atoms with Crippen molar-refractivity contribution in [2.75, 3.05) is 11.5 Å². The summed E-state index contributed by atoms with van der Waals surface area (Å²) in [4.78, 5) is 15.2. The van der Waals surface area contributed by atoms with Crippen molar-refractivity contribution < 1.29 is 21.6 Å². The van der Waals surface area contributed by atoms with Crippen molar-refractivity contribution in [1.82, 2.24) is 10.0 Å². The van der Waals surface area contributed by atoms with Crippen LogP contribution < -0.4 is 10.0 Å². The summed E-state index contributed by atoms with van der Waals surface area (Å²) in [5.74, 6) is 0.587. The van der Waals surface area contributed by atoms with E-state index < -0.39 is 25.4 Å². The summed E-state index contributed by atoms with van der Waals surface area (Å²) in [5.41, 5.74) is 1.42. The van der Waals surface area contributed by atoms with Crippen LogP contribution in [-0.2, 0) is 26.3 Å². The van der Waals surface area contributed by atoms with Crippen molar-refractivity contribution >= 4 is 47.9 Å². The lowest BCUT2D eigenvalue weighted by Crippen LogP contribution is -2.40. The molecule has 41 heavy (non-hydrogen) atoms. The maximum atomic E-state index is 13.4. The lowest BCUT2D eigenvalue weighted by Gasteiger charge is -2.22. The van der Waals surface area contributed by atoms with Gasteiger partial charge in [0.15, 0.2) is 0 Å². The first-order valence-electron chi connectivity index (χ1n) is 14.5. The van der Waals surface area contributed by atoms with Crippen LogP contribution in [0.2, 0.25) is 0 Å². The topological polar surface area (TPSA) is 109 Å². The van der Waals surface area contributed by atoms with Crippen LogP contribution in [0.25, 0.3) is 21.2 Å². The van der Waals surface area contributed by atoms with Gasteiger partial charge in [-0.15, -0.1) is 11.3 Å². The fourth-order valence-corrected chi connectivity index (χ4v) is 10.3. The molecule has 2 heterocycles. The summed E-state index contributed by atoms with van der Waals surface area (Å²) in [7, 11) is -6.78. The molecule has 0 radical (unpaired) electrons. The highest BCUT2D eigenvalue weighted by Gasteiger charge is 2.28. The van der Waals surface area contributed by atoms with E-state index in [2.05, 4.69) is 10.0 Å². The van der Waals surface area contributed by atoms with E-state index >= 15 is 0 Å². The fourth-order valence-electron chi connectivity index (χ4n) is 6.08. The molecular formula is C31H40N2O5S3. The standard InChI is InChI=1S/C31H40N2O5S3/c1-31(2,3)33-41(37,38)28-14-13-26(24-11-7-8-12-25(24)28)29-22(19-21-9-5-4-6-10-21)20-27(39-29)30(34)32-23-15-17-40(35,36)18-16-23/h7-8,11-14,20-21,23,33H,4-6,9-10,15-19H2,1-3H3,(H,32,34). The van der Waals surface area contributed by atoms with E-state index in [0.29, 0.717) is 29.0 Å². The van der Waals surface area contributed by atoms with Crippen molar-refractivity contribution in [3.8, 4) is 10.4 Å². The number of carbonyl (C=O) groups excluding carboxylic acids is 1. The summed E-state index contributed by atoms with van der Waals surface area (Å²) in [6, 6.07) is 13.0. The third-order valence-electron chi connectivity index (χ3n) is 8.01. The number of nitrogens with one attached hydrogen (secondary N) is 2. The zero-order valence-electron chi connectivity index (χ0n) is 24.0. The maximum absolute atomic E-state index is 13.4. The highest BCUT2D eigenvalue weighted by Crippen LogP contribution is 2.41. The second-order valence-corrected chi connectivity index (χ2v) is 17.6. The molecule has 7 nitrogen and oxygen atoms in total. The lowest BCUT2D eigenvalue weighted by atomic mass is 9.84. The molecule has 2 N–H and O–H groups in total. The van der Waals surface area contributed by atoms with E-state index in [1.807, 2.05) is 57.2 Å². The van der Waals surface area contributed by atoms with Crippen molar-refractivity contribution in [1.29, 1.82) is 0 Å². The SMILES string of the molecule is CC(C)(C)NS(=O)(=O)c1ccc(-c2sc(C(=O)NC3CCS(=O)(=O)CC3)cc2CC2CCCCC2)c2ccccc12. The Morgan fingerprint density at radius 1 is 0.951 bits per heavy atom. The van der Waals surface area contributed by atoms with Crippen LogP contribution >= 0.6 is 11.3 Å². The molecule has 2 aromatic carbocycles. The molecule has 5 rings (SSSR count). The smallest absolute Gasteiger partial charge is 0.261 e. The Balaban J connectivity index is 1.54. The number of fused-ring (bicyclic) bond motifs is 1. The van der Waals surface area contributed by atoms with Crippen LogP contribution in [0.4, 0.5) is 0 Å². The Bertz CT molecular complexity index is 1630. The first-order chi connectivity index (χ1) is 19.3. The molecule has 222 valence electrons. The van der Waals surface area contributed by atoms with E-state index in [1.165, 1.54) is 43.4 Å². The average molecular weight is 617 g/mol. The third kappa shape index (κ3) is 7.21. The first kappa shape index (κ1) is 30.2. The summed E-state index contributed by atoms with van der Waals surface area (Å²) in [6.07, 6.45) is 7.79. The molecule has 10 heteroatoms. The zero-order chi connectivity index (χ0) is 29.4. The Kier molecular flexibility index (Phi) is 8.68. The van der Waals surface area contributed by atoms with E-state index in [0.717, 1.165) is 27.8 Å². The van der Waals surface area contributed by atoms with E-state index in [4.69, 9.17) is 0 Å². The second kappa shape index (κ2) is 11.8. The molecule has 1 saturated heterocycles. The van der Waals surface area contributed by atoms with Gasteiger partial charge in [-0.2, -0.15) is 0 Å². The largest absolute Gasteiger partial charge is 0.349 e. The molecule has 1 amide bonds. The van der Waals surface area contributed by atoms with Crippen molar-refractivity contribution in [2.45, 2.75) is 88.6 Å². The number of sulfone groups is 1. The maximum Gasteiger partial charge on any atom is 0.261 e. The number of hydrogen-bond acceptors (Lipinski definition) is 6. The van der Waals surface area contributed by atoms with Crippen LogP contribution in [0.3, 0.4) is 0 Å². The summed E-state index contributed by atoms with van der Waals surface area (Å²) in [6.45, 7) is 5.47. The molecule has 1 saturated carbocycles. The number of benzene rings is 2. The zero-order valence-corrected chi connectivity index (χ0v) is 26.5. The average Bonchev–Trinajstić information content (AvgIpc) is 3.32. The first-order valence-corrected chi connectivity index (χ1v) is 18.6. The third-order valence-corrected chi connectivity index (χ3v) is 12.8. The second-order valence-electron chi connectivity index (χ2n) is 12.6. The molecule has 1 aliphatic heterocycles. The molecule has 0 unspecified atom stereocenters. The molecule has 1 aromatic heterocycles. The normalized spacial score (nSPS) is 18.9. The van der Waals surface area contributed by atoms with Gasteiger partial charge >= 0.3 is 0 Å². The summed E-state index contributed by atoms with van der Waals surface area (Å²) in [5, 5.41) is 4.56. The van der Waals surface area contributed by atoms with Gasteiger partial charge in [-0.3, -0.25) is 4.79 Å². The molecule has 0 atom stereocenters. The van der Waals surface area contributed by atoms with Gasteiger partial charge in [-0.05, 0) is 74.6 Å². The van der Waals surface area contributed by atoms with Crippen molar-refractivity contribution in [3.05, 3.63) is 52.9 Å².